The van der Waals surface area contributed by atoms with Crippen LogP contribution in [0.5, 0.6) is 0 Å². The number of hydrogen-bond donors (Lipinski definition) is 0. The zero-order chi connectivity index (χ0) is 9.59. The quantitative estimate of drug-likeness (QED) is 0.573. The average Bonchev–Trinajstić information content (AvgIpc) is 2.55. The van der Waals surface area contributed by atoms with Gasteiger partial charge in [0.05, 0.1) is 0 Å². The molecule has 0 N–H and O–H groups in total. The highest BCUT2D eigenvalue weighted by molar-refractivity contribution is 4.95. The third kappa shape index (κ3) is 1.43. The molecule has 2 aliphatic rings. The molecule has 2 saturated carbocycles. The van der Waals surface area contributed by atoms with E-state index in [9.17, 15) is 0 Å². The molecule has 0 radical (unpaired) electrons. The van der Waals surface area contributed by atoms with Gasteiger partial charge in [-0.25, -0.2) is 0 Å². The Hall–Kier alpha value is 0. The van der Waals surface area contributed by atoms with Crippen molar-refractivity contribution in [2.24, 2.45) is 35.5 Å². The van der Waals surface area contributed by atoms with Crippen molar-refractivity contribution in [3.63, 3.8) is 0 Å². The molecule has 0 amide bonds. The molecule has 0 heteroatoms. The van der Waals surface area contributed by atoms with Crippen LogP contribution >= 0.6 is 0 Å². The molecule has 76 valence electrons. The zero-order valence-electron chi connectivity index (χ0n) is 9.59. The van der Waals surface area contributed by atoms with Gasteiger partial charge in [-0.05, 0) is 48.3 Å². The van der Waals surface area contributed by atoms with Crippen molar-refractivity contribution in [3.05, 3.63) is 0 Å². The maximum atomic E-state index is 2.51. The summed E-state index contributed by atoms with van der Waals surface area (Å²) in [5.41, 5.74) is 0. The average molecular weight is 180 g/mol. The van der Waals surface area contributed by atoms with Crippen LogP contribution in [0.25, 0.3) is 0 Å². The summed E-state index contributed by atoms with van der Waals surface area (Å²) in [6.07, 6.45) is 4.57. The fourth-order valence-electron chi connectivity index (χ4n) is 4.28. The minimum Gasteiger partial charge on any atom is -0.0625 e. The molecule has 2 rings (SSSR count). The summed E-state index contributed by atoms with van der Waals surface area (Å²) in [6.45, 7) is 9.81. The van der Waals surface area contributed by atoms with Crippen molar-refractivity contribution in [2.45, 2.75) is 47.0 Å². The second-order valence-corrected chi connectivity index (χ2v) is 5.89. The number of fused-ring (bicyclic) bond motifs is 1. The van der Waals surface area contributed by atoms with Gasteiger partial charge in [-0.3, -0.25) is 0 Å². The largest absolute Gasteiger partial charge is 0.0625 e. The van der Waals surface area contributed by atoms with Crippen LogP contribution in [0.3, 0.4) is 0 Å². The first kappa shape index (κ1) is 9.55. The first-order chi connectivity index (χ1) is 6.11. The normalized spacial score (nSPS) is 50.1. The Labute approximate surface area is 83.1 Å². The van der Waals surface area contributed by atoms with E-state index in [4.69, 9.17) is 0 Å². The van der Waals surface area contributed by atoms with Crippen LogP contribution in [-0.2, 0) is 0 Å². The highest BCUT2D eigenvalue weighted by Gasteiger charge is 2.46. The Morgan fingerprint density at radius 1 is 1.08 bits per heavy atom. The van der Waals surface area contributed by atoms with Gasteiger partial charge in [0.15, 0.2) is 0 Å². The van der Waals surface area contributed by atoms with Crippen LogP contribution in [-0.4, -0.2) is 0 Å². The Morgan fingerprint density at radius 3 is 2.31 bits per heavy atom. The lowest BCUT2D eigenvalue weighted by Crippen LogP contribution is -2.19. The molecule has 0 saturated heterocycles. The summed E-state index contributed by atoms with van der Waals surface area (Å²) in [4.78, 5) is 0. The van der Waals surface area contributed by atoms with E-state index in [1.165, 1.54) is 19.3 Å². The van der Waals surface area contributed by atoms with E-state index in [-0.39, 0.29) is 0 Å². The van der Waals surface area contributed by atoms with Crippen molar-refractivity contribution < 1.29 is 0 Å². The third-order valence-electron chi connectivity index (χ3n) is 4.91. The molecule has 0 nitrogen and oxygen atoms in total. The van der Waals surface area contributed by atoms with Crippen LogP contribution in [0.1, 0.15) is 47.0 Å². The molecular weight excluding hydrogens is 156 g/mol. The SMILES string of the molecule is CC(C)C1CC2CCC(C)C2C1C. The van der Waals surface area contributed by atoms with E-state index in [0.717, 1.165) is 35.5 Å². The monoisotopic (exact) mass is 180 g/mol. The van der Waals surface area contributed by atoms with Gasteiger partial charge in [-0.1, -0.05) is 34.1 Å². The maximum absolute atomic E-state index is 2.51. The molecule has 0 heterocycles. The Kier molecular flexibility index (Phi) is 2.42. The summed E-state index contributed by atoms with van der Waals surface area (Å²) < 4.78 is 0. The van der Waals surface area contributed by atoms with E-state index in [1.807, 2.05) is 0 Å². The minimum atomic E-state index is 0.910. The van der Waals surface area contributed by atoms with Gasteiger partial charge in [0, 0.05) is 0 Å². The van der Waals surface area contributed by atoms with Gasteiger partial charge in [0.2, 0.25) is 0 Å². The van der Waals surface area contributed by atoms with Crippen LogP contribution in [0.15, 0.2) is 0 Å². The first-order valence-electron chi connectivity index (χ1n) is 6.11. The van der Waals surface area contributed by atoms with Crippen LogP contribution < -0.4 is 0 Å². The highest BCUT2D eigenvalue weighted by Crippen LogP contribution is 2.54. The summed E-state index contributed by atoms with van der Waals surface area (Å²) in [7, 11) is 0. The van der Waals surface area contributed by atoms with E-state index in [1.54, 1.807) is 0 Å². The van der Waals surface area contributed by atoms with Gasteiger partial charge in [0.25, 0.3) is 0 Å². The molecule has 0 aromatic rings. The van der Waals surface area contributed by atoms with Gasteiger partial charge in [-0.15, -0.1) is 0 Å². The van der Waals surface area contributed by atoms with E-state index in [0.29, 0.717) is 0 Å². The van der Waals surface area contributed by atoms with E-state index in [2.05, 4.69) is 27.7 Å². The second kappa shape index (κ2) is 3.29. The van der Waals surface area contributed by atoms with Gasteiger partial charge < -0.3 is 0 Å². The number of hydrogen-bond acceptors (Lipinski definition) is 0. The molecule has 13 heavy (non-hydrogen) atoms. The molecule has 0 bridgehead atoms. The molecule has 0 aliphatic heterocycles. The number of rotatable bonds is 1. The van der Waals surface area contributed by atoms with E-state index < -0.39 is 0 Å². The topological polar surface area (TPSA) is 0 Å². The standard InChI is InChI=1S/C13H24/c1-8(2)12-7-11-6-5-9(3)13(11)10(12)4/h8-13H,5-7H2,1-4H3. The van der Waals surface area contributed by atoms with Crippen molar-refractivity contribution in [1.29, 1.82) is 0 Å². The lowest BCUT2D eigenvalue weighted by Gasteiger charge is -2.25. The first-order valence-corrected chi connectivity index (χ1v) is 6.11. The molecular formula is C13H24. The molecule has 2 aliphatic carbocycles. The van der Waals surface area contributed by atoms with Crippen molar-refractivity contribution >= 4 is 0 Å². The fraction of sp³-hybridized carbons (Fsp3) is 1.00. The van der Waals surface area contributed by atoms with Crippen LogP contribution in [0.4, 0.5) is 0 Å². The van der Waals surface area contributed by atoms with Crippen LogP contribution in [0.2, 0.25) is 0 Å². The van der Waals surface area contributed by atoms with Crippen molar-refractivity contribution in [1.82, 2.24) is 0 Å². The predicted molar refractivity (Wildman–Crippen MR) is 57.5 cm³/mol. The third-order valence-corrected chi connectivity index (χ3v) is 4.91. The lowest BCUT2D eigenvalue weighted by atomic mass is 9.80. The maximum Gasteiger partial charge on any atom is -0.0331 e. The second-order valence-electron chi connectivity index (χ2n) is 5.89. The molecule has 5 unspecified atom stereocenters. The zero-order valence-corrected chi connectivity index (χ0v) is 9.59. The summed E-state index contributed by atoms with van der Waals surface area (Å²) in [5, 5.41) is 0. The van der Waals surface area contributed by atoms with E-state index >= 15 is 0 Å². The molecule has 0 aromatic heterocycles. The lowest BCUT2D eigenvalue weighted by molar-refractivity contribution is 0.233. The Morgan fingerprint density at radius 2 is 1.77 bits per heavy atom. The van der Waals surface area contributed by atoms with Crippen molar-refractivity contribution in [3.8, 4) is 0 Å². The predicted octanol–water partition coefficient (Wildman–Crippen LogP) is 3.96. The molecule has 5 atom stereocenters. The smallest absolute Gasteiger partial charge is 0.0331 e. The molecule has 2 fully saturated rings. The summed E-state index contributed by atoms with van der Waals surface area (Å²) in [5.74, 6) is 6.13. The van der Waals surface area contributed by atoms with Crippen molar-refractivity contribution in [2.75, 3.05) is 0 Å². The molecule has 0 spiro atoms. The minimum absolute atomic E-state index is 0.910. The Bertz CT molecular complexity index is 182. The van der Waals surface area contributed by atoms with Gasteiger partial charge >= 0.3 is 0 Å². The summed E-state index contributed by atoms with van der Waals surface area (Å²) >= 11 is 0. The summed E-state index contributed by atoms with van der Waals surface area (Å²) in [6, 6.07) is 0. The van der Waals surface area contributed by atoms with Gasteiger partial charge in [0.1, 0.15) is 0 Å². The Balaban J connectivity index is 2.10. The fourth-order valence-corrected chi connectivity index (χ4v) is 4.28. The molecule has 0 aromatic carbocycles. The van der Waals surface area contributed by atoms with Gasteiger partial charge in [-0.2, -0.15) is 0 Å². The van der Waals surface area contributed by atoms with Crippen LogP contribution in [0, 0.1) is 35.5 Å². The highest BCUT2D eigenvalue weighted by atomic mass is 14.5.